The molecule has 7 heteroatoms. The Labute approximate surface area is 117 Å². The molecule has 0 saturated heterocycles. The molecule has 0 bridgehead atoms. The van der Waals surface area contributed by atoms with Crippen LogP contribution >= 0.6 is 0 Å². The van der Waals surface area contributed by atoms with Gasteiger partial charge in [-0.2, -0.15) is 0 Å². The van der Waals surface area contributed by atoms with Crippen LogP contribution in [0.25, 0.3) is 0 Å². The van der Waals surface area contributed by atoms with Crippen LogP contribution in [0.4, 0.5) is 0 Å². The number of hydrogen-bond acceptors (Lipinski definition) is 5. The topological polar surface area (TPSA) is 88.5 Å². The third-order valence-electron chi connectivity index (χ3n) is 2.75. The van der Waals surface area contributed by atoms with Crippen molar-refractivity contribution in [2.45, 2.75) is 32.9 Å². The predicted octanol–water partition coefficient (Wildman–Crippen LogP) is 1.65. The Morgan fingerprint density at radius 3 is 2.70 bits per heavy atom. The Hall–Kier alpha value is -2.31. The van der Waals surface area contributed by atoms with Crippen molar-refractivity contribution in [3.8, 4) is 0 Å². The van der Waals surface area contributed by atoms with E-state index in [1.54, 1.807) is 13.1 Å². The van der Waals surface area contributed by atoms with E-state index in [4.69, 9.17) is 9.05 Å². The summed E-state index contributed by atoms with van der Waals surface area (Å²) in [5, 5.41) is 14.1. The fraction of sp³-hybridized carbons (Fsp3) is 0.462. The molecule has 0 unspecified atom stereocenters. The maximum atomic E-state index is 5.25. The van der Waals surface area contributed by atoms with Crippen LogP contribution in [-0.4, -0.2) is 23.3 Å². The average Bonchev–Trinajstić information content (AvgIpc) is 3.10. The van der Waals surface area contributed by atoms with Crippen LogP contribution in [0, 0.1) is 0 Å². The van der Waals surface area contributed by atoms with E-state index >= 15 is 0 Å². The molecule has 2 aromatic heterocycles. The summed E-state index contributed by atoms with van der Waals surface area (Å²) in [6, 6.07) is 3.74. The van der Waals surface area contributed by atoms with Gasteiger partial charge in [0.2, 0.25) is 0 Å². The van der Waals surface area contributed by atoms with Gasteiger partial charge in [0.1, 0.15) is 12.0 Å². The van der Waals surface area contributed by atoms with Crippen LogP contribution in [0.1, 0.15) is 36.9 Å². The summed E-state index contributed by atoms with van der Waals surface area (Å²) in [5.74, 6) is 1.80. The third kappa shape index (κ3) is 3.84. The van der Waals surface area contributed by atoms with E-state index in [2.05, 4.69) is 39.8 Å². The molecule has 0 saturated carbocycles. The monoisotopic (exact) mass is 277 g/mol. The van der Waals surface area contributed by atoms with Gasteiger partial charge >= 0.3 is 0 Å². The van der Waals surface area contributed by atoms with Gasteiger partial charge in [0.05, 0.1) is 18.8 Å². The largest absolute Gasteiger partial charge is 0.364 e. The van der Waals surface area contributed by atoms with Gasteiger partial charge in [0, 0.05) is 19.2 Å². The lowest BCUT2D eigenvalue weighted by Crippen LogP contribution is -2.36. The second kappa shape index (κ2) is 6.74. The zero-order valence-corrected chi connectivity index (χ0v) is 11.9. The van der Waals surface area contributed by atoms with Crippen molar-refractivity contribution in [3.05, 3.63) is 35.5 Å². The fourth-order valence-electron chi connectivity index (χ4n) is 1.58. The Morgan fingerprint density at radius 2 is 2.10 bits per heavy atom. The van der Waals surface area contributed by atoms with E-state index in [1.165, 1.54) is 6.26 Å². The predicted molar refractivity (Wildman–Crippen MR) is 74.1 cm³/mol. The molecule has 20 heavy (non-hydrogen) atoms. The lowest BCUT2D eigenvalue weighted by Gasteiger charge is -2.08. The molecule has 2 heterocycles. The number of nitrogens with zero attached hydrogens (tertiary/aromatic N) is 3. The van der Waals surface area contributed by atoms with E-state index in [9.17, 15) is 0 Å². The first-order valence-corrected chi connectivity index (χ1v) is 6.48. The van der Waals surface area contributed by atoms with E-state index < -0.39 is 0 Å². The van der Waals surface area contributed by atoms with Crippen LogP contribution < -0.4 is 10.6 Å². The zero-order chi connectivity index (χ0) is 14.4. The number of guanidine groups is 1. The van der Waals surface area contributed by atoms with Crippen molar-refractivity contribution >= 4 is 5.96 Å². The molecular formula is C13H19N5O2. The SMILES string of the molecule is CN=C(NCc1ccon1)NCc1cc(C(C)C)no1. The maximum Gasteiger partial charge on any atom is 0.191 e. The van der Waals surface area contributed by atoms with Gasteiger partial charge in [-0.3, -0.25) is 4.99 Å². The number of aromatic nitrogens is 2. The van der Waals surface area contributed by atoms with Crippen molar-refractivity contribution in [1.29, 1.82) is 0 Å². The zero-order valence-electron chi connectivity index (χ0n) is 11.9. The first-order valence-electron chi connectivity index (χ1n) is 6.48. The van der Waals surface area contributed by atoms with Gasteiger partial charge < -0.3 is 19.7 Å². The molecular weight excluding hydrogens is 258 g/mol. The van der Waals surface area contributed by atoms with Crippen LogP contribution in [-0.2, 0) is 13.1 Å². The first-order chi connectivity index (χ1) is 9.69. The van der Waals surface area contributed by atoms with Gasteiger partial charge in [-0.25, -0.2) is 0 Å². The van der Waals surface area contributed by atoms with Crippen LogP contribution in [0.3, 0.4) is 0 Å². The lowest BCUT2D eigenvalue weighted by molar-refractivity contribution is 0.372. The highest BCUT2D eigenvalue weighted by Crippen LogP contribution is 2.13. The number of nitrogens with one attached hydrogen (secondary N) is 2. The van der Waals surface area contributed by atoms with Crippen molar-refractivity contribution in [3.63, 3.8) is 0 Å². The fourth-order valence-corrected chi connectivity index (χ4v) is 1.58. The second-order valence-corrected chi connectivity index (χ2v) is 4.64. The number of aliphatic imine (C=N–C) groups is 1. The Morgan fingerprint density at radius 1 is 1.30 bits per heavy atom. The van der Waals surface area contributed by atoms with Gasteiger partial charge in [-0.1, -0.05) is 24.2 Å². The first kappa shape index (κ1) is 14.1. The number of rotatable bonds is 5. The molecule has 108 valence electrons. The molecule has 2 N–H and O–H groups in total. The van der Waals surface area contributed by atoms with Gasteiger partial charge in [-0.05, 0) is 5.92 Å². The number of hydrogen-bond donors (Lipinski definition) is 2. The Bertz CT molecular complexity index is 545. The smallest absolute Gasteiger partial charge is 0.191 e. The average molecular weight is 277 g/mol. The molecule has 0 radical (unpaired) electrons. The minimum atomic E-state index is 0.358. The highest BCUT2D eigenvalue weighted by atomic mass is 16.5. The highest BCUT2D eigenvalue weighted by molar-refractivity contribution is 5.79. The molecule has 0 aliphatic rings. The third-order valence-corrected chi connectivity index (χ3v) is 2.75. The maximum absolute atomic E-state index is 5.25. The molecule has 0 spiro atoms. The lowest BCUT2D eigenvalue weighted by atomic mass is 10.1. The molecule has 2 aromatic rings. The van der Waals surface area contributed by atoms with Crippen molar-refractivity contribution in [2.75, 3.05) is 7.05 Å². The summed E-state index contributed by atoms with van der Waals surface area (Å²) in [7, 11) is 1.71. The summed E-state index contributed by atoms with van der Waals surface area (Å²) < 4.78 is 10.0. The quantitative estimate of drug-likeness (QED) is 0.638. The summed E-state index contributed by atoms with van der Waals surface area (Å²) in [5.41, 5.74) is 1.77. The molecule has 0 amide bonds. The molecule has 0 aliphatic heterocycles. The second-order valence-electron chi connectivity index (χ2n) is 4.64. The molecule has 0 atom stereocenters. The Kier molecular flexibility index (Phi) is 4.75. The summed E-state index contributed by atoms with van der Waals surface area (Å²) in [6.45, 7) is 5.23. The van der Waals surface area contributed by atoms with Crippen molar-refractivity contribution in [2.24, 2.45) is 4.99 Å². The summed E-state index contributed by atoms with van der Waals surface area (Å²) >= 11 is 0. The van der Waals surface area contributed by atoms with E-state index in [1.807, 2.05) is 6.07 Å². The van der Waals surface area contributed by atoms with Crippen LogP contribution in [0.2, 0.25) is 0 Å². The standard InChI is InChI=1S/C13H19N5O2/c1-9(2)12-6-11(20-18-12)8-16-13(14-3)15-7-10-4-5-19-17-10/h4-6,9H,7-8H2,1-3H3,(H2,14,15,16). The molecule has 0 fully saturated rings. The summed E-state index contributed by atoms with van der Waals surface area (Å²) in [6.07, 6.45) is 1.54. The van der Waals surface area contributed by atoms with Crippen LogP contribution in [0.15, 0.2) is 32.4 Å². The molecule has 0 aliphatic carbocycles. The van der Waals surface area contributed by atoms with Gasteiger partial charge in [0.25, 0.3) is 0 Å². The molecule has 0 aromatic carbocycles. The molecule has 7 nitrogen and oxygen atoms in total. The Balaban J connectivity index is 1.81. The van der Waals surface area contributed by atoms with Gasteiger partial charge in [0.15, 0.2) is 11.7 Å². The van der Waals surface area contributed by atoms with Gasteiger partial charge in [-0.15, -0.1) is 0 Å². The van der Waals surface area contributed by atoms with E-state index in [-0.39, 0.29) is 0 Å². The summed E-state index contributed by atoms with van der Waals surface area (Å²) in [4.78, 5) is 4.12. The minimum Gasteiger partial charge on any atom is -0.364 e. The van der Waals surface area contributed by atoms with Crippen molar-refractivity contribution < 1.29 is 9.05 Å². The van der Waals surface area contributed by atoms with Crippen molar-refractivity contribution in [1.82, 2.24) is 20.9 Å². The minimum absolute atomic E-state index is 0.358. The molecule has 2 rings (SSSR count). The van der Waals surface area contributed by atoms with E-state index in [0.717, 1.165) is 17.1 Å². The van der Waals surface area contributed by atoms with Crippen LogP contribution in [0.5, 0.6) is 0 Å². The highest BCUT2D eigenvalue weighted by Gasteiger charge is 2.08. The normalized spacial score (nSPS) is 11.9. The van der Waals surface area contributed by atoms with E-state index in [0.29, 0.717) is 25.0 Å².